The van der Waals surface area contributed by atoms with Gasteiger partial charge in [0.15, 0.2) is 0 Å². The van der Waals surface area contributed by atoms with Crippen molar-refractivity contribution >= 4 is 11.6 Å². The summed E-state index contributed by atoms with van der Waals surface area (Å²) in [4.78, 5) is 18.2. The smallest absolute Gasteiger partial charge is 0.251 e. The Morgan fingerprint density at radius 2 is 2.00 bits per heavy atom. The Balaban J connectivity index is 1.87. The van der Waals surface area contributed by atoms with Crippen molar-refractivity contribution in [2.24, 2.45) is 7.05 Å². The number of benzene rings is 1. The maximum atomic E-state index is 12.0. The van der Waals surface area contributed by atoms with Crippen molar-refractivity contribution in [3.05, 3.63) is 48.0 Å². The van der Waals surface area contributed by atoms with Crippen LogP contribution in [0.3, 0.4) is 0 Å². The lowest BCUT2D eigenvalue weighted by molar-refractivity contribution is 0.0954. The monoisotopic (exact) mass is 272 g/mol. The quantitative estimate of drug-likeness (QED) is 0.896. The minimum absolute atomic E-state index is 0.0514. The number of carbonyl (C=O) groups excluding carboxylic acids is 1. The van der Waals surface area contributed by atoms with Crippen LogP contribution in [-0.2, 0) is 13.5 Å². The molecule has 0 fully saturated rings. The first-order chi connectivity index (χ1) is 9.58. The first-order valence-electron chi connectivity index (χ1n) is 6.59. The minimum atomic E-state index is -0.0514. The van der Waals surface area contributed by atoms with Crippen LogP contribution in [0.15, 0.2) is 36.7 Å². The molecule has 0 spiro atoms. The minimum Gasteiger partial charge on any atom is -0.378 e. The van der Waals surface area contributed by atoms with Crippen LogP contribution in [0.4, 0.5) is 5.69 Å². The van der Waals surface area contributed by atoms with Crippen LogP contribution in [0.5, 0.6) is 0 Å². The van der Waals surface area contributed by atoms with E-state index in [1.165, 1.54) is 0 Å². The molecule has 2 aromatic rings. The third-order valence-corrected chi connectivity index (χ3v) is 3.20. The van der Waals surface area contributed by atoms with E-state index in [1.54, 1.807) is 6.20 Å². The van der Waals surface area contributed by atoms with Crippen LogP contribution in [-0.4, -0.2) is 36.1 Å². The molecule has 1 aromatic carbocycles. The SMILES string of the molecule is CN(C)c1ccc(C(=O)NCCc2nccn2C)cc1. The Morgan fingerprint density at radius 3 is 2.55 bits per heavy atom. The third kappa shape index (κ3) is 3.38. The van der Waals surface area contributed by atoms with Crippen molar-refractivity contribution in [3.8, 4) is 0 Å². The van der Waals surface area contributed by atoms with Crippen LogP contribution in [0.1, 0.15) is 16.2 Å². The summed E-state index contributed by atoms with van der Waals surface area (Å²) in [6.45, 7) is 0.582. The molecule has 106 valence electrons. The highest BCUT2D eigenvalue weighted by Gasteiger charge is 2.06. The number of hydrogen-bond acceptors (Lipinski definition) is 3. The molecule has 5 heteroatoms. The van der Waals surface area contributed by atoms with E-state index in [-0.39, 0.29) is 5.91 Å². The number of aryl methyl sites for hydroxylation is 1. The summed E-state index contributed by atoms with van der Waals surface area (Å²) in [6.07, 6.45) is 4.39. The molecular formula is C15H20N4O. The number of rotatable bonds is 5. The molecule has 0 aliphatic heterocycles. The van der Waals surface area contributed by atoms with Crippen molar-refractivity contribution in [1.82, 2.24) is 14.9 Å². The summed E-state index contributed by atoms with van der Waals surface area (Å²) in [6, 6.07) is 7.55. The van der Waals surface area contributed by atoms with Gasteiger partial charge in [0.05, 0.1) is 0 Å². The molecule has 0 saturated carbocycles. The van der Waals surface area contributed by atoms with Gasteiger partial charge in [0, 0.05) is 57.8 Å². The third-order valence-electron chi connectivity index (χ3n) is 3.20. The molecule has 0 radical (unpaired) electrons. The second kappa shape index (κ2) is 6.23. The predicted octanol–water partition coefficient (Wildman–Crippen LogP) is 1.46. The zero-order valence-electron chi connectivity index (χ0n) is 12.1. The van der Waals surface area contributed by atoms with E-state index in [1.807, 2.05) is 61.1 Å². The van der Waals surface area contributed by atoms with E-state index in [0.29, 0.717) is 12.1 Å². The largest absolute Gasteiger partial charge is 0.378 e. The van der Waals surface area contributed by atoms with Gasteiger partial charge in [-0.3, -0.25) is 4.79 Å². The highest BCUT2D eigenvalue weighted by Crippen LogP contribution is 2.12. The number of nitrogens with one attached hydrogen (secondary N) is 1. The summed E-state index contributed by atoms with van der Waals surface area (Å²) in [7, 11) is 5.90. The fourth-order valence-electron chi connectivity index (χ4n) is 1.94. The highest BCUT2D eigenvalue weighted by atomic mass is 16.1. The van der Waals surface area contributed by atoms with Gasteiger partial charge in [-0.2, -0.15) is 0 Å². The van der Waals surface area contributed by atoms with E-state index in [4.69, 9.17) is 0 Å². The van der Waals surface area contributed by atoms with Gasteiger partial charge >= 0.3 is 0 Å². The summed E-state index contributed by atoms with van der Waals surface area (Å²) in [5.41, 5.74) is 1.75. The zero-order valence-corrected chi connectivity index (χ0v) is 12.1. The van der Waals surface area contributed by atoms with Crippen LogP contribution in [0.25, 0.3) is 0 Å². The second-order valence-electron chi connectivity index (χ2n) is 4.90. The molecule has 0 unspecified atom stereocenters. The Bertz CT molecular complexity index is 572. The molecule has 1 amide bonds. The lowest BCUT2D eigenvalue weighted by Gasteiger charge is -2.12. The number of nitrogens with zero attached hydrogens (tertiary/aromatic N) is 3. The maximum absolute atomic E-state index is 12.0. The summed E-state index contributed by atoms with van der Waals surface area (Å²) in [5, 5.41) is 2.91. The Kier molecular flexibility index (Phi) is 4.40. The Labute approximate surface area is 119 Å². The number of hydrogen-bond donors (Lipinski definition) is 1. The summed E-state index contributed by atoms with van der Waals surface area (Å²) in [5.74, 6) is 0.915. The Hall–Kier alpha value is -2.30. The van der Waals surface area contributed by atoms with E-state index in [9.17, 15) is 4.79 Å². The molecule has 0 saturated heterocycles. The summed E-state index contributed by atoms with van der Waals surface area (Å²) < 4.78 is 1.96. The van der Waals surface area contributed by atoms with E-state index in [2.05, 4.69) is 10.3 Å². The molecule has 5 nitrogen and oxygen atoms in total. The average Bonchev–Trinajstić information content (AvgIpc) is 2.84. The summed E-state index contributed by atoms with van der Waals surface area (Å²) >= 11 is 0. The molecule has 1 heterocycles. The van der Waals surface area contributed by atoms with Crippen molar-refractivity contribution in [3.63, 3.8) is 0 Å². The van der Waals surface area contributed by atoms with Gasteiger partial charge in [0.2, 0.25) is 0 Å². The standard InChI is InChI=1S/C15H20N4O/c1-18(2)13-6-4-12(5-7-13)15(20)17-9-8-14-16-10-11-19(14)3/h4-7,10-11H,8-9H2,1-3H3,(H,17,20). The Morgan fingerprint density at radius 1 is 1.30 bits per heavy atom. The van der Waals surface area contributed by atoms with Gasteiger partial charge < -0.3 is 14.8 Å². The number of anilines is 1. The molecular weight excluding hydrogens is 252 g/mol. The molecule has 0 aliphatic rings. The number of imidazole rings is 1. The molecule has 1 N–H and O–H groups in total. The molecule has 2 rings (SSSR count). The van der Waals surface area contributed by atoms with E-state index >= 15 is 0 Å². The highest BCUT2D eigenvalue weighted by molar-refractivity contribution is 5.94. The van der Waals surface area contributed by atoms with Gasteiger partial charge in [0.1, 0.15) is 5.82 Å². The fourth-order valence-corrected chi connectivity index (χ4v) is 1.94. The van der Waals surface area contributed by atoms with Gasteiger partial charge in [-0.05, 0) is 24.3 Å². The van der Waals surface area contributed by atoms with Gasteiger partial charge in [-0.25, -0.2) is 4.98 Å². The fraction of sp³-hybridized carbons (Fsp3) is 0.333. The van der Waals surface area contributed by atoms with Gasteiger partial charge in [0.25, 0.3) is 5.91 Å². The van der Waals surface area contributed by atoms with Crippen molar-refractivity contribution < 1.29 is 4.79 Å². The van der Waals surface area contributed by atoms with E-state index in [0.717, 1.165) is 17.9 Å². The first-order valence-corrected chi connectivity index (χ1v) is 6.59. The molecule has 0 bridgehead atoms. The molecule has 1 aromatic heterocycles. The number of amides is 1. The van der Waals surface area contributed by atoms with E-state index < -0.39 is 0 Å². The lowest BCUT2D eigenvalue weighted by Crippen LogP contribution is -2.26. The molecule has 0 atom stereocenters. The lowest BCUT2D eigenvalue weighted by atomic mass is 10.2. The first kappa shape index (κ1) is 14.1. The maximum Gasteiger partial charge on any atom is 0.251 e. The second-order valence-corrected chi connectivity index (χ2v) is 4.90. The molecule has 0 aliphatic carbocycles. The van der Waals surface area contributed by atoms with Gasteiger partial charge in [-0.15, -0.1) is 0 Å². The van der Waals surface area contributed by atoms with Crippen LogP contribution in [0, 0.1) is 0 Å². The van der Waals surface area contributed by atoms with Crippen molar-refractivity contribution in [2.75, 3.05) is 25.5 Å². The topological polar surface area (TPSA) is 50.2 Å². The number of carbonyl (C=O) groups is 1. The molecule has 20 heavy (non-hydrogen) atoms. The van der Waals surface area contributed by atoms with Crippen molar-refractivity contribution in [1.29, 1.82) is 0 Å². The van der Waals surface area contributed by atoms with Gasteiger partial charge in [-0.1, -0.05) is 0 Å². The van der Waals surface area contributed by atoms with Crippen molar-refractivity contribution in [2.45, 2.75) is 6.42 Å². The number of aromatic nitrogens is 2. The normalized spacial score (nSPS) is 10.3. The average molecular weight is 272 g/mol. The zero-order chi connectivity index (χ0) is 14.5. The van der Waals surface area contributed by atoms with Crippen LogP contribution < -0.4 is 10.2 Å². The van der Waals surface area contributed by atoms with Crippen LogP contribution >= 0.6 is 0 Å². The predicted molar refractivity (Wildman–Crippen MR) is 80.0 cm³/mol. The van der Waals surface area contributed by atoms with Crippen LogP contribution in [0.2, 0.25) is 0 Å².